The van der Waals surface area contributed by atoms with Crippen LogP contribution in [-0.2, 0) is 4.74 Å². The first-order valence-electron chi connectivity index (χ1n) is 6.78. The van der Waals surface area contributed by atoms with Crippen LogP contribution in [0.1, 0.15) is 27.6 Å². The van der Waals surface area contributed by atoms with Gasteiger partial charge in [0.2, 0.25) is 0 Å². The van der Waals surface area contributed by atoms with Crippen molar-refractivity contribution in [3.05, 3.63) is 59.7 Å². The number of hydrogen-bond acceptors (Lipinski definition) is 5. The van der Waals surface area contributed by atoms with Crippen molar-refractivity contribution in [3.63, 3.8) is 0 Å². The van der Waals surface area contributed by atoms with Gasteiger partial charge in [-0.2, -0.15) is 0 Å². The first-order chi connectivity index (χ1) is 10.7. The fraction of sp³-hybridized carbons (Fsp3) is 0.176. The molecule has 0 aliphatic heterocycles. The SMILES string of the molecule is CCOC(=O)c1ccc(OC(=O)c2ccccc2OC)cc1. The second-order valence-corrected chi connectivity index (χ2v) is 4.33. The first kappa shape index (κ1) is 15.6. The summed E-state index contributed by atoms with van der Waals surface area (Å²) < 4.78 is 15.3. The third kappa shape index (κ3) is 3.63. The van der Waals surface area contributed by atoms with Crippen molar-refractivity contribution < 1.29 is 23.8 Å². The predicted molar refractivity (Wildman–Crippen MR) is 80.4 cm³/mol. The number of carbonyl (C=O) groups is 2. The summed E-state index contributed by atoms with van der Waals surface area (Å²) >= 11 is 0. The molecule has 0 saturated heterocycles. The standard InChI is InChI=1S/C17H16O5/c1-3-21-16(18)12-8-10-13(11-9-12)22-17(19)14-6-4-5-7-15(14)20-2/h4-11H,3H2,1-2H3. The van der Waals surface area contributed by atoms with Crippen molar-refractivity contribution in [1.29, 1.82) is 0 Å². The molecule has 0 spiro atoms. The number of rotatable bonds is 5. The minimum atomic E-state index is -0.527. The molecule has 0 heterocycles. The summed E-state index contributed by atoms with van der Waals surface area (Å²) in [6.45, 7) is 2.05. The van der Waals surface area contributed by atoms with Crippen LogP contribution in [0.25, 0.3) is 0 Å². The van der Waals surface area contributed by atoms with E-state index in [1.165, 1.54) is 7.11 Å². The van der Waals surface area contributed by atoms with Crippen LogP contribution in [0.2, 0.25) is 0 Å². The number of methoxy groups -OCH3 is 1. The Labute approximate surface area is 128 Å². The minimum absolute atomic E-state index is 0.309. The molecule has 0 aromatic heterocycles. The molecule has 0 saturated carbocycles. The van der Waals surface area contributed by atoms with Crippen LogP contribution in [-0.4, -0.2) is 25.7 Å². The number of para-hydroxylation sites is 1. The molecule has 0 aliphatic rings. The molecule has 2 aromatic carbocycles. The molecule has 5 heteroatoms. The van der Waals surface area contributed by atoms with E-state index in [1.807, 2.05) is 0 Å². The molecular weight excluding hydrogens is 284 g/mol. The molecule has 5 nitrogen and oxygen atoms in total. The Hall–Kier alpha value is -2.82. The molecule has 0 N–H and O–H groups in total. The Morgan fingerprint density at radius 1 is 0.955 bits per heavy atom. The van der Waals surface area contributed by atoms with Gasteiger partial charge < -0.3 is 14.2 Å². The lowest BCUT2D eigenvalue weighted by Crippen LogP contribution is -2.10. The summed E-state index contributed by atoms with van der Waals surface area (Å²) in [5.41, 5.74) is 0.735. The molecule has 2 rings (SSSR count). The van der Waals surface area contributed by atoms with Crippen LogP contribution in [0.4, 0.5) is 0 Å². The molecule has 0 fully saturated rings. The number of esters is 2. The van der Waals surface area contributed by atoms with E-state index in [4.69, 9.17) is 14.2 Å². The Morgan fingerprint density at radius 3 is 2.27 bits per heavy atom. The normalized spacial score (nSPS) is 9.91. The zero-order valence-corrected chi connectivity index (χ0v) is 12.4. The quantitative estimate of drug-likeness (QED) is 0.627. The van der Waals surface area contributed by atoms with Gasteiger partial charge in [-0.05, 0) is 43.3 Å². The summed E-state index contributed by atoms with van der Waals surface area (Å²) in [5.74, 6) is -0.161. The average molecular weight is 300 g/mol. The largest absolute Gasteiger partial charge is 0.496 e. The lowest BCUT2D eigenvalue weighted by atomic mass is 10.2. The van der Waals surface area contributed by atoms with Crippen molar-refractivity contribution in [3.8, 4) is 11.5 Å². The van der Waals surface area contributed by atoms with Crippen LogP contribution in [0.5, 0.6) is 11.5 Å². The molecule has 22 heavy (non-hydrogen) atoms. The molecule has 2 aromatic rings. The van der Waals surface area contributed by atoms with E-state index in [0.29, 0.717) is 29.2 Å². The van der Waals surface area contributed by atoms with Crippen LogP contribution in [0.15, 0.2) is 48.5 Å². The van der Waals surface area contributed by atoms with E-state index < -0.39 is 11.9 Å². The van der Waals surface area contributed by atoms with Gasteiger partial charge in [0.25, 0.3) is 0 Å². The van der Waals surface area contributed by atoms with Crippen LogP contribution in [0, 0.1) is 0 Å². The summed E-state index contributed by atoms with van der Waals surface area (Å²) in [5, 5.41) is 0. The first-order valence-corrected chi connectivity index (χ1v) is 6.78. The van der Waals surface area contributed by atoms with Crippen molar-refractivity contribution in [2.24, 2.45) is 0 Å². The highest BCUT2D eigenvalue weighted by Crippen LogP contribution is 2.20. The zero-order valence-electron chi connectivity index (χ0n) is 12.4. The van der Waals surface area contributed by atoms with Gasteiger partial charge in [-0.15, -0.1) is 0 Å². The third-order valence-corrected chi connectivity index (χ3v) is 2.90. The highest BCUT2D eigenvalue weighted by atomic mass is 16.5. The summed E-state index contributed by atoms with van der Waals surface area (Å²) in [4.78, 5) is 23.7. The number of ether oxygens (including phenoxy) is 3. The molecule has 0 aliphatic carbocycles. The van der Waals surface area contributed by atoms with Crippen molar-refractivity contribution in [2.75, 3.05) is 13.7 Å². The molecular formula is C17H16O5. The van der Waals surface area contributed by atoms with E-state index in [-0.39, 0.29) is 0 Å². The van der Waals surface area contributed by atoms with E-state index in [1.54, 1.807) is 55.5 Å². The fourth-order valence-electron chi connectivity index (χ4n) is 1.85. The maximum absolute atomic E-state index is 12.1. The lowest BCUT2D eigenvalue weighted by Gasteiger charge is -2.08. The van der Waals surface area contributed by atoms with Gasteiger partial charge in [-0.1, -0.05) is 12.1 Å². The highest BCUT2D eigenvalue weighted by molar-refractivity contribution is 5.94. The average Bonchev–Trinajstić information content (AvgIpc) is 2.55. The Kier molecular flexibility index (Phi) is 5.14. The predicted octanol–water partition coefficient (Wildman–Crippen LogP) is 3.09. The molecule has 0 bridgehead atoms. The number of benzene rings is 2. The van der Waals surface area contributed by atoms with Gasteiger partial charge in [0, 0.05) is 0 Å². The minimum Gasteiger partial charge on any atom is -0.496 e. The summed E-state index contributed by atoms with van der Waals surface area (Å²) in [7, 11) is 1.49. The summed E-state index contributed by atoms with van der Waals surface area (Å²) in [6.07, 6.45) is 0. The van der Waals surface area contributed by atoms with E-state index in [2.05, 4.69) is 0 Å². The molecule has 0 amide bonds. The van der Waals surface area contributed by atoms with E-state index >= 15 is 0 Å². The van der Waals surface area contributed by atoms with Gasteiger partial charge >= 0.3 is 11.9 Å². The zero-order chi connectivity index (χ0) is 15.9. The molecule has 0 radical (unpaired) electrons. The second kappa shape index (κ2) is 7.26. The Bertz CT molecular complexity index is 661. The van der Waals surface area contributed by atoms with Crippen molar-refractivity contribution >= 4 is 11.9 Å². The smallest absolute Gasteiger partial charge is 0.347 e. The second-order valence-electron chi connectivity index (χ2n) is 4.33. The van der Waals surface area contributed by atoms with Crippen LogP contribution >= 0.6 is 0 Å². The Balaban J connectivity index is 2.10. The molecule has 0 atom stereocenters. The maximum Gasteiger partial charge on any atom is 0.347 e. The molecule has 0 unspecified atom stereocenters. The van der Waals surface area contributed by atoms with Crippen molar-refractivity contribution in [1.82, 2.24) is 0 Å². The Morgan fingerprint density at radius 2 is 1.64 bits per heavy atom. The topological polar surface area (TPSA) is 61.8 Å². The number of carbonyl (C=O) groups excluding carboxylic acids is 2. The fourth-order valence-corrected chi connectivity index (χ4v) is 1.85. The van der Waals surface area contributed by atoms with Crippen LogP contribution in [0.3, 0.4) is 0 Å². The van der Waals surface area contributed by atoms with Gasteiger partial charge in [-0.25, -0.2) is 9.59 Å². The number of hydrogen-bond donors (Lipinski definition) is 0. The highest BCUT2D eigenvalue weighted by Gasteiger charge is 2.14. The molecule has 114 valence electrons. The van der Waals surface area contributed by atoms with Gasteiger partial charge in [0.05, 0.1) is 19.3 Å². The monoisotopic (exact) mass is 300 g/mol. The van der Waals surface area contributed by atoms with Gasteiger partial charge in [0.15, 0.2) is 0 Å². The van der Waals surface area contributed by atoms with Crippen molar-refractivity contribution in [2.45, 2.75) is 6.92 Å². The van der Waals surface area contributed by atoms with Crippen LogP contribution < -0.4 is 9.47 Å². The maximum atomic E-state index is 12.1. The van der Waals surface area contributed by atoms with Gasteiger partial charge in [-0.3, -0.25) is 0 Å². The third-order valence-electron chi connectivity index (χ3n) is 2.90. The van der Waals surface area contributed by atoms with Gasteiger partial charge in [0.1, 0.15) is 17.1 Å². The summed E-state index contributed by atoms with van der Waals surface area (Å²) in [6, 6.07) is 13.0. The lowest BCUT2D eigenvalue weighted by molar-refractivity contribution is 0.0526. The van der Waals surface area contributed by atoms with E-state index in [0.717, 1.165) is 0 Å². The van der Waals surface area contributed by atoms with E-state index in [9.17, 15) is 9.59 Å².